The molecule has 0 spiro atoms. The highest BCUT2D eigenvalue weighted by Crippen LogP contribution is 2.43. The lowest BCUT2D eigenvalue weighted by atomic mass is 9.84. The van der Waals surface area contributed by atoms with Gasteiger partial charge in [-0.2, -0.15) is 0 Å². The Bertz CT molecular complexity index is 1920. The van der Waals surface area contributed by atoms with Gasteiger partial charge in [-0.1, -0.05) is 97.1 Å². The molecule has 6 rings (SSSR count). The van der Waals surface area contributed by atoms with Gasteiger partial charge < -0.3 is 14.6 Å². The smallest absolute Gasteiger partial charge is 0.266 e. The Balaban J connectivity index is 1.36. The van der Waals surface area contributed by atoms with Gasteiger partial charge in [-0.25, -0.2) is 19.2 Å². The van der Waals surface area contributed by atoms with E-state index < -0.39 is 29.2 Å². The molecule has 254 valence electrons. The summed E-state index contributed by atoms with van der Waals surface area (Å²) in [6.07, 6.45) is 3.67. The largest absolute Gasteiger partial charge is 0.494 e. The molecule has 9 heteroatoms. The van der Waals surface area contributed by atoms with Crippen LogP contribution in [-0.4, -0.2) is 35.7 Å². The summed E-state index contributed by atoms with van der Waals surface area (Å²) in [5, 5.41) is 9.09. The van der Waals surface area contributed by atoms with Gasteiger partial charge in [0.05, 0.1) is 6.61 Å². The predicted molar refractivity (Wildman–Crippen MR) is 190 cm³/mol. The number of aliphatic hydroxyl groups excluding tert-OH is 1. The third-order valence-electron chi connectivity index (χ3n) is 8.31. The zero-order valence-corrected chi connectivity index (χ0v) is 27.3. The number of benzene rings is 5. The third kappa shape index (κ3) is 8.31. The number of amides is 1. The highest BCUT2D eigenvalue weighted by atomic mass is 19.1. The van der Waals surface area contributed by atoms with Gasteiger partial charge in [0.1, 0.15) is 17.4 Å². The molecular weight excluding hydrogens is 636 g/mol. The molecule has 1 aliphatic heterocycles. The molecule has 0 aromatic heterocycles. The first kappa shape index (κ1) is 34.2. The van der Waals surface area contributed by atoms with Gasteiger partial charge in [-0.3, -0.25) is 10.2 Å². The van der Waals surface area contributed by atoms with Crippen molar-refractivity contribution in [1.29, 1.82) is 0 Å². The van der Waals surface area contributed by atoms with Crippen LogP contribution in [0.2, 0.25) is 0 Å². The van der Waals surface area contributed by atoms with Crippen molar-refractivity contribution in [2.24, 2.45) is 4.99 Å². The van der Waals surface area contributed by atoms with Crippen LogP contribution in [0, 0.1) is 11.6 Å². The van der Waals surface area contributed by atoms with Crippen molar-refractivity contribution in [3.63, 3.8) is 0 Å². The number of carbonyl (C=O) groups excluding carboxylic acids is 1. The fraction of sp³-hybridized carbons (Fsp3) is 0.171. The fourth-order valence-corrected chi connectivity index (χ4v) is 5.78. The highest BCUT2D eigenvalue weighted by Gasteiger charge is 2.52. The number of aliphatic hydroxyl groups is 1. The summed E-state index contributed by atoms with van der Waals surface area (Å²) in [4.78, 5) is 19.4. The molecular formula is C41H37F2N3O4. The fourth-order valence-electron chi connectivity index (χ4n) is 5.78. The maximum absolute atomic E-state index is 14.4. The Morgan fingerprint density at radius 1 is 0.840 bits per heavy atom. The number of carbonyl (C=O) groups is 1. The molecule has 1 heterocycles. The summed E-state index contributed by atoms with van der Waals surface area (Å²) < 4.78 is 40.0. The van der Waals surface area contributed by atoms with E-state index in [-0.39, 0.29) is 25.5 Å². The summed E-state index contributed by atoms with van der Waals surface area (Å²) in [5.41, 5.74) is 8.84. The zero-order chi connectivity index (χ0) is 34.8. The van der Waals surface area contributed by atoms with Crippen LogP contribution < -0.4 is 15.6 Å². The first-order valence-electron chi connectivity index (χ1n) is 16.4. The molecule has 0 saturated heterocycles. The molecule has 3 N–H and O–H groups in total. The molecule has 1 aliphatic rings. The summed E-state index contributed by atoms with van der Waals surface area (Å²) in [7, 11) is 0. The molecule has 0 bridgehead atoms. The van der Waals surface area contributed by atoms with E-state index in [1.807, 2.05) is 109 Å². The van der Waals surface area contributed by atoms with E-state index in [0.717, 1.165) is 28.3 Å². The average Bonchev–Trinajstić information content (AvgIpc) is 3.53. The molecule has 0 unspecified atom stereocenters. The molecule has 5 aromatic rings. The lowest BCUT2D eigenvalue weighted by molar-refractivity contribution is -0.129. The maximum atomic E-state index is 14.4. The Morgan fingerprint density at radius 3 is 2.16 bits per heavy atom. The van der Waals surface area contributed by atoms with Crippen molar-refractivity contribution in [2.75, 3.05) is 13.2 Å². The van der Waals surface area contributed by atoms with Gasteiger partial charge in [0, 0.05) is 37.6 Å². The monoisotopic (exact) mass is 673 g/mol. The lowest BCUT2D eigenvalue weighted by Crippen LogP contribution is -2.52. The molecule has 7 nitrogen and oxygen atoms in total. The van der Waals surface area contributed by atoms with E-state index in [9.17, 15) is 13.6 Å². The van der Waals surface area contributed by atoms with Crippen LogP contribution in [-0.2, 0) is 16.1 Å². The SMILES string of the molecule is O=C(NNCc1cc(F)cc(F)c1)[C@@]1(C/C=C/c2ccccc2)N=C(c2ccc(OCCCO)cc2)O[C@H]1c1ccc(-c2ccccc2)cc1. The van der Waals surface area contributed by atoms with E-state index >= 15 is 0 Å². The number of rotatable bonds is 14. The Morgan fingerprint density at radius 2 is 1.48 bits per heavy atom. The number of aliphatic imine (C=N–C) groups is 1. The van der Waals surface area contributed by atoms with Gasteiger partial charge >= 0.3 is 0 Å². The number of hydrogen-bond donors (Lipinski definition) is 3. The predicted octanol–water partition coefficient (Wildman–Crippen LogP) is 7.57. The van der Waals surface area contributed by atoms with E-state index in [0.29, 0.717) is 29.9 Å². The zero-order valence-electron chi connectivity index (χ0n) is 27.3. The Kier molecular flexibility index (Phi) is 11.1. The summed E-state index contributed by atoms with van der Waals surface area (Å²) in [6, 6.07) is 38.0. The second-order valence-electron chi connectivity index (χ2n) is 11.9. The molecule has 0 aliphatic carbocycles. The summed E-state index contributed by atoms with van der Waals surface area (Å²) in [5.74, 6) is -1.000. The quantitative estimate of drug-likeness (QED) is 0.0836. The molecule has 50 heavy (non-hydrogen) atoms. The molecule has 5 aromatic carbocycles. The lowest BCUT2D eigenvalue weighted by Gasteiger charge is -2.30. The van der Waals surface area contributed by atoms with Crippen LogP contribution in [0.5, 0.6) is 5.75 Å². The van der Waals surface area contributed by atoms with Gasteiger partial charge in [-0.15, -0.1) is 0 Å². The van der Waals surface area contributed by atoms with Gasteiger partial charge in [-0.05, 0) is 64.2 Å². The van der Waals surface area contributed by atoms with E-state index in [2.05, 4.69) is 10.9 Å². The first-order chi connectivity index (χ1) is 24.4. The standard InChI is InChI=1S/C41H37F2N3O4/c42-35-25-30(26-36(43)27-35)28-44-46-40(48)41(22-7-11-29-9-3-1-4-10-29)38(33-16-14-32(15-17-33)31-12-5-2-6-13-31)50-39(45-41)34-18-20-37(21-19-34)49-24-8-23-47/h1-7,9-21,25-27,38,44,47H,8,22-24,28H2,(H,46,48)/b11-7+/t38-,41-/m0/s1. The van der Waals surface area contributed by atoms with Gasteiger partial charge in [0.2, 0.25) is 5.90 Å². The van der Waals surface area contributed by atoms with Crippen molar-refractivity contribution >= 4 is 17.9 Å². The normalized spacial score (nSPS) is 16.9. The summed E-state index contributed by atoms with van der Waals surface area (Å²) in [6.45, 7) is 0.385. The van der Waals surface area contributed by atoms with Crippen LogP contribution in [0.25, 0.3) is 17.2 Å². The Hall–Kier alpha value is -5.64. The summed E-state index contributed by atoms with van der Waals surface area (Å²) >= 11 is 0. The topological polar surface area (TPSA) is 92.2 Å². The number of nitrogens with zero attached hydrogens (tertiary/aromatic N) is 1. The minimum Gasteiger partial charge on any atom is -0.494 e. The van der Waals surface area contributed by atoms with Gasteiger partial charge in [0.15, 0.2) is 11.6 Å². The van der Waals surface area contributed by atoms with Crippen molar-refractivity contribution in [1.82, 2.24) is 10.9 Å². The number of halogens is 2. The van der Waals surface area contributed by atoms with Crippen molar-refractivity contribution in [3.05, 3.63) is 167 Å². The Labute approximate surface area is 289 Å². The highest BCUT2D eigenvalue weighted by molar-refractivity contribution is 6.01. The van der Waals surface area contributed by atoms with Crippen molar-refractivity contribution in [3.8, 4) is 16.9 Å². The van der Waals surface area contributed by atoms with E-state index in [4.69, 9.17) is 19.6 Å². The number of nitrogens with one attached hydrogen (secondary N) is 2. The van der Waals surface area contributed by atoms with E-state index in [1.54, 1.807) is 12.1 Å². The van der Waals surface area contributed by atoms with Crippen LogP contribution in [0.3, 0.4) is 0 Å². The maximum Gasteiger partial charge on any atom is 0.266 e. The van der Waals surface area contributed by atoms with Crippen molar-refractivity contribution in [2.45, 2.75) is 31.0 Å². The average molecular weight is 674 g/mol. The first-order valence-corrected chi connectivity index (χ1v) is 16.4. The molecule has 0 saturated carbocycles. The number of hydrazine groups is 1. The van der Waals surface area contributed by atoms with Crippen molar-refractivity contribution < 1.29 is 28.2 Å². The molecule has 1 amide bonds. The van der Waals surface area contributed by atoms with Gasteiger partial charge in [0.25, 0.3) is 5.91 Å². The van der Waals surface area contributed by atoms with Crippen LogP contribution >= 0.6 is 0 Å². The molecule has 0 fully saturated rings. The third-order valence-corrected chi connectivity index (χ3v) is 8.31. The minimum atomic E-state index is -1.48. The number of ether oxygens (including phenoxy) is 2. The molecule has 2 atom stereocenters. The second-order valence-corrected chi connectivity index (χ2v) is 11.9. The van der Waals surface area contributed by atoms with Crippen LogP contribution in [0.1, 0.15) is 41.2 Å². The minimum absolute atomic E-state index is 0.0258. The van der Waals surface area contributed by atoms with Crippen LogP contribution in [0.4, 0.5) is 8.78 Å². The van der Waals surface area contributed by atoms with Crippen LogP contribution in [0.15, 0.2) is 138 Å². The second kappa shape index (κ2) is 16.2. The van der Waals surface area contributed by atoms with E-state index in [1.165, 1.54) is 12.1 Å². The molecule has 0 radical (unpaired) electrons. The number of hydrogen-bond acceptors (Lipinski definition) is 6.